The fourth-order valence-electron chi connectivity index (χ4n) is 1.81. The van der Waals surface area contributed by atoms with Crippen LogP contribution in [0.3, 0.4) is 0 Å². The van der Waals surface area contributed by atoms with Gasteiger partial charge < -0.3 is 4.74 Å². The first-order valence-corrected chi connectivity index (χ1v) is 6.62. The zero-order chi connectivity index (χ0) is 10.3. The van der Waals surface area contributed by atoms with Gasteiger partial charge >= 0.3 is 0 Å². The van der Waals surface area contributed by atoms with E-state index in [2.05, 4.69) is 26.0 Å². The van der Waals surface area contributed by atoms with E-state index in [-0.39, 0.29) is 6.23 Å². The molecule has 1 saturated heterocycles. The number of rotatable bonds is 1. The van der Waals surface area contributed by atoms with Crippen LogP contribution in [0.5, 0.6) is 0 Å². The van der Waals surface area contributed by atoms with Crippen LogP contribution in [-0.2, 0) is 4.74 Å². The molecule has 0 amide bonds. The number of hydrogen-bond donors (Lipinski definition) is 0. The highest BCUT2D eigenvalue weighted by Crippen LogP contribution is 2.31. The largest absolute Gasteiger partial charge is 0.356 e. The first-order valence-electron chi connectivity index (χ1n) is 4.95. The molecule has 6 heteroatoms. The van der Waals surface area contributed by atoms with Gasteiger partial charge in [0.05, 0.1) is 5.51 Å². The van der Waals surface area contributed by atoms with Gasteiger partial charge in [-0.3, -0.25) is 0 Å². The van der Waals surface area contributed by atoms with E-state index >= 15 is 0 Å². The Morgan fingerprint density at radius 2 is 2.47 bits per heavy atom. The molecule has 0 radical (unpaired) electrons. The Hall–Kier alpha value is -0.460. The second kappa shape index (κ2) is 3.84. The summed E-state index contributed by atoms with van der Waals surface area (Å²) >= 11 is 5.09. The maximum atomic E-state index is 5.69. The fraction of sp³-hybridized carbons (Fsp3) is 0.556. The molecule has 0 bridgehead atoms. The van der Waals surface area contributed by atoms with Crippen LogP contribution in [0.15, 0.2) is 10.1 Å². The molecule has 15 heavy (non-hydrogen) atoms. The molecule has 3 rings (SSSR count). The molecule has 0 N–H and O–H groups in total. The standard InChI is InChI=1S/C9H10BrN3OS/c10-8-7-9(15-5-11-7)12-13(8)6-3-1-2-4-14-6/h5-6H,1-4H2. The summed E-state index contributed by atoms with van der Waals surface area (Å²) in [6.45, 7) is 0.831. The summed E-state index contributed by atoms with van der Waals surface area (Å²) in [4.78, 5) is 5.24. The topological polar surface area (TPSA) is 39.9 Å². The zero-order valence-electron chi connectivity index (χ0n) is 8.02. The number of nitrogens with zero attached hydrogens (tertiary/aromatic N) is 3. The summed E-state index contributed by atoms with van der Waals surface area (Å²) in [7, 11) is 0. The molecule has 0 saturated carbocycles. The second-order valence-electron chi connectivity index (χ2n) is 3.56. The van der Waals surface area contributed by atoms with Crippen molar-refractivity contribution in [2.75, 3.05) is 6.61 Å². The van der Waals surface area contributed by atoms with Crippen LogP contribution >= 0.6 is 27.3 Å². The van der Waals surface area contributed by atoms with Crippen molar-refractivity contribution in [3.8, 4) is 0 Å². The van der Waals surface area contributed by atoms with E-state index in [1.807, 2.05) is 10.2 Å². The average molecular weight is 288 g/mol. The summed E-state index contributed by atoms with van der Waals surface area (Å²) in [5.41, 5.74) is 2.75. The molecule has 3 heterocycles. The lowest BCUT2D eigenvalue weighted by Gasteiger charge is -2.23. The van der Waals surface area contributed by atoms with Gasteiger partial charge in [-0.25, -0.2) is 9.67 Å². The van der Waals surface area contributed by atoms with Gasteiger partial charge in [-0.2, -0.15) is 5.10 Å². The molecule has 1 aliphatic heterocycles. The Kier molecular flexibility index (Phi) is 2.50. The highest BCUT2D eigenvalue weighted by Gasteiger charge is 2.21. The van der Waals surface area contributed by atoms with Crippen molar-refractivity contribution in [3.63, 3.8) is 0 Å². The van der Waals surface area contributed by atoms with E-state index in [4.69, 9.17) is 4.74 Å². The van der Waals surface area contributed by atoms with Crippen molar-refractivity contribution in [1.82, 2.24) is 14.8 Å². The average Bonchev–Trinajstić information content (AvgIpc) is 2.83. The monoisotopic (exact) mass is 287 g/mol. The van der Waals surface area contributed by atoms with Gasteiger partial charge in [0, 0.05) is 6.61 Å². The molecular formula is C9H10BrN3OS. The van der Waals surface area contributed by atoms with Gasteiger partial charge in [-0.1, -0.05) is 0 Å². The lowest BCUT2D eigenvalue weighted by atomic mass is 10.2. The number of ether oxygens (including phenoxy) is 1. The minimum absolute atomic E-state index is 0.0783. The van der Waals surface area contributed by atoms with Gasteiger partial charge in [0.2, 0.25) is 0 Å². The van der Waals surface area contributed by atoms with Gasteiger partial charge in [0.25, 0.3) is 0 Å². The van der Waals surface area contributed by atoms with Gasteiger partial charge in [-0.15, -0.1) is 11.3 Å². The van der Waals surface area contributed by atoms with Gasteiger partial charge in [0.15, 0.2) is 11.1 Å². The summed E-state index contributed by atoms with van der Waals surface area (Å²) < 4.78 is 8.54. The minimum atomic E-state index is 0.0783. The smallest absolute Gasteiger partial charge is 0.166 e. The lowest BCUT2D eigenvalue weighted by molar-refractivity contribution is -0.0404. The highest BCUT2D eigenvalue weighted by molar-refractivity contribution is 9.10. The van der Waals surface area contributed by atoms with Gasteiger partial charge in [-0.05, 0) is 35.2 Å². The molecule has 1 atom stereocenters. The third-order valence-corrected chi connectivity index (χ3v) is 4.02. The van der Waals surface area contributed by atoms with Crippen LogP contribution in [-0.4, -0.2) is 21.4 Å². The van der Waals surface area contributed by atoms with E-state index in [0.29, 0.717) is 0 Å². The van der Waals surface area contributed by atoms with Crippen molar-refractivity contribution in [2.45, 2.75) is 25.5 Å². The molecule has 4 nitrogen and oxygen atoms in total. The molecule has 0 aromatic carbocycles. The van der Waals surface area contributed by atoms with Crippen LogP contribution in [0.4, 0.5) is 0 Å². The quantitative estimate of drug-likeness (QED) is 0.810. The van der Waals surface area contributed by atoms with Crippen molar-refractivity contribution >= 4 is 37.6 Å². The molecule has 0 aliphatic carbocycles. The van der Waals surface area contributed by atoms with Crippen LogP contribution in [0.2, 0.25) is 0 Å². The summed E-state index contributed by atoms with van der Waals surface area (Å²) in [5, 5.41) is 4.50. The number of aromatic nitrogens is 3. The Morgan fingerprint density at radius 3 is 3.20 bits per heavy atom. The summed E-state index contributed by atoms with van der Waals surface area (Å²) in [5.74, 6) is 0. The molecule has 2 aromatic rings. The second-order valence-corrected chi connectivity index (χ2v) is 5.15. The van der Waals surface area contributed by atoms with Crippen LogP contribution in [0, 0.1) is 0 Å². The summed E-state index contributed by atoms with van der Waals surface area (Å²) in [6, 6.07) is 0. The van der Waals surface area contributed by atoms with Crippen molar-refractivity contribution in [2.24, 2.45) is 0 Å². The number of thiazole rings is 1. The maximum absolute atomic E-state index is 5.69. The third-order valence-electron chi connectivity index (χ3n) is 2.57. The molecule has 0 spiro atoms. The molecule has 1 unspecified atom stereocenters. The highest BCUT2D eigenvalue weighted by atomic mass is 79.9. The Labute approximate surface area is 99.4 Å². The van der Waals surface area contributed by atoms with Crippen molar-refractivity contribution < 1.29 is 4.74 Å². The molecule has 2 aromatic heterocycles. The molecule has 1 aliphatic rings. The Bertz CT molecular complexity index is 475. The predicted octanol–water partition coefficient (Wildman–Crippen LogP) is 2.95. The zero-order valence-corrected chi connectivity index (χ0v) is 10.4. The molecular weight excluding hydrogens is 278 g/mol. The van der Waals surface area contributed by atoms with Gasteiger partial charge in [0.1, 0.15) is 10.1 Å². The lowest BCUT2D eigenvalue weighted by Crippen LogP contribution is -2.19. The normalized spacial score (nSPS) is 22.3. The van der Waals surface area contributed by atoms with E-state index < -0.39 is 0 Å². The third kappa shape index (κ3) is 1.60. The van der Waals surface area contributed by atoms with Crippen LogP contribution in [0.25, 0.3) is 10.3 Å². The van der Waals surface area contributed by atoms with Crippen molar-refractivity contribution in [3.05, 3.63) is 10.1 Å². The first-order chi connectivity index (χ1) is 7.36. The Balaban J connectivity index is 2.02. The van der Waals surface area contributed by atoms with E-state index in [9.17, 15) is 0 Å². The Morgan fingerprint density at radius 1 is 1.53 bits per heavy atom. The predicted molar refractivity (Wildman–Crippen MR) is 61.9 cm³/mol. The van der Waals surface area contributed by atoms with E-state index in [0.717, 1.165) is 34.4 Å². The van der Waals surface area contributed by atoms with E-state index in [1.54, 1.807) is 11.3 Å². The number of hydrogen-bond acceptors (Lipinski definition) is 4. The van der Waals surface area contributed by atoms with Crippen LogP contribution < -0.4 is 0 Å². The van der Waals surface area contributed by atoms with E-state index in [1.165, 1.54) is 6.42 Å². The fourth-order valence-corrected chi connectivity index (χ4v) is 3.19. The maximum Gasteiger partial charge on any atom is 0.166 e. The van der Waals surface area contributed by atoms with Crippen molar-refractivity contribution in [1.29, 1.82) is 0 Å². The minimum Gasteiger partial charge on any atom is -0.356 e. The number of fused-ring (bicyclic) bond motifs is 1. The molecule has 1 fully saturated rings. The van der Waals surface area contributed by atoms with Crippen LogP contribution in [0.1, 0.15) is 25.5 Å². The SMILES string of the molecule is Brc1c2ncsc2nn1C1CCCCO1. The number of halogens is 1. The first kappa shape index (κ1) is 9.74. The molecule has 80 valence electrons. The summed E-state index contributed by atoms with van der Waals surface area (Å²) in [6.07, 6.45) is 3.47.